The second-order valence-corrected chi connectivity index (χ2v) is 5.83. The van der Waals surface area contributed by atoms with E-state index in [-0.39, 0.29) is 11.3 Å². The fourth-order valence-corrected chi connectivity index (χ4v) is 2.23. The lowest BCUT2D eigenvalue weighted by molar-refractivity contribution is -0.148. The Bertz CT molecular complexity index is 966. The van der Waals surface area contributed by atoms with E-state index in [1.165, 1.54) is 13.0 Å². The maximum absolute atomic E-state index is 13.6. The zero-order valence-corrected chi connectivity index (χ0v) is 15.7. The highest BCUT2D eigenvalue weighted by Gasteiger charge is 2.21. The van der Waals surface area contributed by atoms with Crippen LogP contribution in [0.15, 0.2) is 48.0 Å². The molecule has 0 aliphatic carbocycles. The molecule has 0 saturated carbocycles. The maximum atomic E-state index is 13.6. The average Bonchev–Trinajstić information content (AvgIpc) is 2.69. The highest BCUT2D eigenvalue weighted by molar-refractivity contribution is 6.01. The zero-order valence-electron chi connectivity index (χ0n) is 15.7. The molecule has 2 aromatic rings. The molecule has 0 radical (unpaired) electrons. The summed E-state index contributed by atoms with van der Waals surface area (Å²) in [6.45, 7) is 3.62. The van der Waals surface area contributed by atoms with Gasteiger partial charge in [-0.25, -0.2) is 13.6 Å². The van der Waals surface area contributed by atoms with E-state index in [0.29, 0.717) is 24.0 Å². The van der Waals surface area contributed by atoms with Crippen LogP contribution in [0.1, 0.15) is 19.4 Å². The average molecular weight is 400 g/mol. The number of hydrogen-bond donors (Lipinski definition) is 1. The van der Waals surface area contributed by atoms with E-state index in [2.05, 4.69) is 5.32 Å². The third-order valence-electron chi connectivity index (χ3n) is 3.68. The maximum Gasteiger partial charge on any atom is 0.349 e. The fraction of sp³-hybridized carbons (Fsp3) is 0.190. The molecule has 0 heterocycles. The first-order chi connectivity index (χ1) is 13.8. The van der Waals surface area contributed by atoms with E-state index < -0.39 is 29.6 Å². The largest absolute Gasteiger partial charge is 0.494 e. The number of rotatable bonds is 7. The Morgan fingerprint density at radius 2 is 1.90 bits per heavy atom. The summed E-state index contributed by atoms with van der Waals surface area (Å²) in [5.41, 5.74) is -0.0149. The van der Waals surface area contributed by atoms with Gasteiger partial charge in [0, 0.05) is 6.07 Å². The van der Waals surface area contributed by atoms with Crippen LogP contribution in [-0.2, 0) is 14.3 Å². The summed E-state index contributed by atoms with van der Waals surface area (Å²) in [5.74, 6) is -2.96. The summed E-state index contributed by atoms with van der Waals surface area (Å²) in [5, 5.41) is 11.4. The molecule has 0 aliphatic rings. The highest BCUT2D eigenvalue weighted by atomic mass is 19.1. The number of nitrogens with one attached hydrogen (secondary N) is 1. The van der Waals surface area contributed by atoms with Crippen LogP contribution in [0.25, 0.3) is 6.08 Å². The summed E-state index contributed by atoms with van der Waals surface area (Å²) in [7, 11) is 0. The van der Waals surface area contributed by atoms with Crippen LogP contribution in [0, 0.1) is 23.0 Å². The van der Waals surface area contributed by atoms with E-state index in [1.54, 1.807) is 30.3 Å². The smallest absolute Gasteiger partial charge is 0.349 e. The molecule has 150 valence electrons. The van der Waals surface area contributed by atoms with Crippen LogP contribution in [0.2, 0.25) is 0 Å². The summed E-state index contributed by atoms with van der Waals surface area (Å²) < 4.78 is 36.8. The van der Waals surface area contributed by atoms with Gasteiger partial charge in [-0.3, -0.25) is 4.79 Å². The number of carbonyl (C=O) groups excluding carboxylic acids is 2. The number of hydrogen-bond acceptors (Lipinski definition) is 5. The summed E-state index contributed by atoms with van der Waals surface area (Å²) in [6, 6.07) is 11.0. The lowest BCUT2D eigenvalue weighted by atomic mass is 10.1. The molecular weight excluding hydrogens is 382 g/mol. The van der Waals surface area contributed by atoms with Crippen molar-refractivity contribution in [3.63, 3.8) is 0 Å². The zero-order chi connectivity index (χ0) is 21.4. The molecule has 0 unspecified atom stereocenters. The predicted molar refractivity (Wildman–Crippen MR) is 102 cm³/mol. The summed E-state index contributed by atoms with van der Waals surface area (Å²) in [4.78, 5) is 24.3. The number of nitrogens with zero attached hydrogens (tertiary/aromatic N) is 1. The number of ether oxygens (including phenoxy) is 2. The van der Waals surface area contributed by atoms with Crippen molar-refractivity contribution in [2.75, 3.05) is 11.9 Å². The van der Waals surface area contributed by atoms with Crippen LogP contribution in [-0.4, -0.2) is 24.6 Å². The molecule has 0 spiro atoms. The monoisotopic (exact) mass is 400 g/mol. The minimum Gasteiger partial charge on any atom is -0.494 e. The van der Waals surface area contributed by atoms with E-state index in [9.17, 15) is 23.6 Å². The Morgan fingerprint density at radius 3 is 2.48 bits per heavy atom. The standard InChI is InChI=1S/C21H18F2N2O4/c1-3-28-17-7-4-14(5-8-17)10-15(12-24)21(27)29-13(2)20(26)25-19-9-6-16(22)11-18(19)23/h4-11,13H,3H2,1-2H3,(H,25,26)/b15-10+/t13-/m0/s1. The van der Waals surface area contributed by atoms with Crippen LogP contribution in [0.3, 0.4) is 0 Å². The van der Waals surface area contributed by atoms with Gasteiger partial charge in [-0.2, -0.15) is 5.26 Å². The van der Waals surface area contributed by atoms with Gasteiger partial charge >= 0.3 is 5.97 Å². The van der Waals surface area contributed by atoms with Crippen molar-refractivity contribution in [3.8, 4) is 11.8 Å². The van der Waals surface area contributed by atoms with Crippen LogP contribution in [0.5, 0.6) is 5.75 Å². The minimum absolute atomic E-state index is 0.260. The quantitative estimate of drug-likeness (QED) is 0.433. The van der Waals surface area contributed by atoms with Crippen LogP contribution < -0.4 is 10.1 Å². The number of nitriles is 1. The van der Waals surface area contributed by atoms with Crippen molar-refractivity contribution in [3.05, 3.63) is 65.2 Å². The Balaban J connectivity index is 2.03. The second kappa shape index (κ2) is 9.99. The van der Waals surface area contributed by atoms with Gasteiger partial charge in [-0.1, -0.05) is 12.1 Å². The van der Waals surface area contributed by atoms with E-state index in [4.69, 9.17) is 9.47 Å². The van der Waals surface area contributed by atoms with Gasteiger partial charge in [0.2, 0.25) is 0 Å². The first-order valence-electron chi connectivity index (χ1n) is 8.65. The molecule has 1 amide bonds. The Morgan fingerprint density at radius 1 is 1.21 bits per heavy atom. The van der Waals surface area contributed by atoms with Gasteiger partial charge in [-0.15, -0.1) is 0 Å². The number of benzene rings is 2. The third-order valence-corrected chi connectivity index (χ3v) is 3.68. The van der Waals surface area contributed by atoms with Gasteiger partial charge in [0.15, 0.2) is 6.10 Å². The fourth-order valence-electron chi connectivity index (χ4n) is 2.23. The molecule has 0 fully saturated rings. The Hall–Kier alpha value is -3.73. The molecule has 8 heteroatoms. The third kappa shape index (κ3) is 6.14. The van der Waals surface area contributed by atoms with E-state index in [0.717, 1.165) is 12.1 Å². The van der Waals surface area contributed by atoms with E-state index in [1.807, 2.05) is 6.92 Å². The van der Waals surface area contributed by atoms with Crippen molar-refractivity contribution in [2.24, 2.45) is 0 Å². The first kappa shape index (κ1) is 21.6. The van der Waals surface area contributed by atoms with Crippen molar-refractivity contribution in [1.29, 1.82) is 5.26 Å². The van der Waals surface area contributed by atoms with Crippen molar-refractivity contribution < 1.29 is 27.8 Å². The molecule has 0 aromatic heterocycles. The molecule has 0 bridgehead atoms. The lowest BCUT2D eigenvalue weighted by Crippen LogP contribution is -2.30. The van der Waals surface area contributed by atoms with Gasteiger partial charge in [-0.05, 0) is 49.8 Å². The Kier molecular flexibility index (Phi) is 7.43. The summed E-state index contributed by atoms with van der Waals surface area (Å²) in [6.07, 6.45) is -0.00785. The lowest BCUT2D eigenvalue weighted by Gasteiger charge is -2.13. The molecule has 0 saturated heterocycles. The van der Waals surface area contributed by atoms with Crippen molar-refractivity contribution >= 4 is 23.6 Å². The number of esters is 1. The highest BCUT2D eigenvalue weighted by Crippen LogP contribution is 2.17. The first-order valence-corrected chi connectivity index (χ1v) is 8.65. The number of carbonyl (C=O) groups is 2. The molecule has 2 aromatic carbocycles. The molecule has 6 nitrogen and oxygen atoms in total. The molecule has 0 aliphatic heterocycles. The van der Waals surface area contributed by atoms with Gasteiger partial charge < -0.3 is 14.8 Å². The van der Waals surface area contributed by atoms with Gasteiger partial charge in [0.25, 0.3) is 5.91 Å². The number of halogens is 2. The van der Waals surface area contributed by atoms with Crippen molar-refractivity contribution in [2.45, 2.75) is 20.0 Å². The molecule has 29 heavy (non-hydrogen) atoms. The van der Waals surface area contributed by atoms with Crippen LogP contribution >= 0.6 is 0 Å². The molecule has 1 N–H and O–H groups in total. The predicted octanol–water partition coefficient (Wildman–Crippen LogP) is 3.84. The Labute approximate surface area is 166 Å². The minimum atomic E-state index is -1.32. The van der Waals surface area contributed by atoms with Crippen molar-refractivity contribution in [1.82, 2.24) is 0 Å². The second-order valence-electron chi connectivity index (χ2n) is 5.83. The van der Waals surface area contributed by atoms with E-state index >= 15 is 0 Å². The molecular formula is C21H18F2N2O4. The molecule has 2 rings (SSSR count). The van der Waals surface area contributed by atoms with Crippen LogP contribution in [0.4, 0.5) is 14.5 Å². The normalized spacial score (nSPS) is 11.9. The summed E-state index contributed by atoms with van der Waals surface area (Å²) >= 11 is 0. The van der Waals surface area contributed by atoms with Gasteiger partial charge in [0.05, 0.1) is 12.3 Å². The SMILES string of the molecule is CCOc1ccc(/C=C(\C#N)C(=O)O[C@@H](C)C(=O)Nc2ccc(F)cc2F)cc1. The number of anilines is 1. The van der Waals surface area contributed by atoms with Gasteiger partial charge in [0.1, 0.15) is 29.0 Å². The topological polar surface area (TPSA) is 88.4 Å². The number of amides is 1. The molecule has 1 atom stereocenters.